The highest BCUT2D eigenvalue weighted by atomic mass is 35.5. The molecule has 2 atom stereocenters. The smallest absolute Gasteiger partial charge is 0.295 e. The third-order valence-corrected chi connectivity index (χ3v) is 6.81. The van der Waals surface area contributed by atoms with Crippen molar-refractivity contribution in [3.63, 3.8) is 0 Å². The van der Waals surface area contributed by atoms with Crippen LogP contribution in [0.25, 0.3) is 16.7 Å². The molecular weight excluding hydrogens is 451 g/mol. The van der Waals surface area contributed by atoms with Crippen LogP contribution in [0.3, 0.4) is 0 Å². The summed E-state index contributed by atoms with van der Waals surface area (Å²) < 4.78 is 5.74. The summed E-state index contributed by atoms with van der Waals surface area (Å²) in [5, 5.41) is 12.6. The lowest BCUT2D eigenvalue weighted by Crippen LogP contribution is -2.36. The molecule has 2 aliphatic rings. The standard InChI is InChI=1S/C24H20Cl2N2O4/c25-17-8-7-13(10-18(17)26)22(29)20-21(16-11-27-19-6-2-1-5-15(16)19)28(24(31)23(20)30)12-14-4-3-9-32-14/h1-2,5-8,10-11,14,21,27,29H,3-4,9,12H2/b22-20+. The summed E-state index contributed by atoms with van der Waals surface area (Å²) in [7, 11) is 0. The molecule has 1 amide bonds. The highest BCUT2D eigenvalue weighted by molar-refractivity contribution is 6.47. The highest BCUT2D eigenvalue weighted by Gasteiger charge is 2.47. The zero-order valence-corrected chi connectivity index (χ0v) is 18.5. The number of rotatable bonds is 4. The number of ketones is 1. The molecule has 3 aromatic rings. The van der Waals surface area contributed by atoms with Gasteiger partial charge in [-0.15, -0.1) is 0 Å². The number of Topliss-reactive ketones (excluding diaryl/α,β-unsaturated/α-hetero) is 1. The third-order valence-electron chi connectivity index (χ3n) is 6.07. The van der Waals surface area contributed by atoms with Gasteiger partial charge >= 0.3 is 0 Å². The molecule has 32 heavy (non-hydrogen) atoms. The number of carbonyl (C=O) groups is 2. The number of benzene rings is 2. The average Bonchev–Trinajstić information content (AvgIpc) is 3.51. The molecule has 1 aromatic heterocycles. The van der Waals surface area contributed by atoms with Gasteiger partial charge in [-0.05, 0) is 37.1 Å². The monoisotopic (exact) mass is 470 g/mol. The van der Waals surface area contributed by atoms with E-state index in [0.717, 1.165) is 29.3 Å². The van der Waals surface area contributed by atoms with Crippen LogP contribution in [-0.4, -0.2) is 45.9 Å². The maximum atomic E-state index is 13.2. The van der Waals surface area contributed by atoms with Crippen LogP contribution in [0.4, 0.5) is 0 Å². The number of ether oxygens (including phenoxy) is 1. The first-order valence-corrected chi connectivity index (χ1v) is 11.1. The average molecular weight is 471 g/mol. The lowest BCUT2D eigenvalue weighted by Gasteiger charge is -2.27. The molecule has 0 bridgehead atoms. The van der Waals surface area contributed by atoms with Crippen LogP contribution in [0.15, 0.2) is 54.2 Å². The number of nitrogens with one attached hydrogen (secondary N) is 1. The summed E-state index contributed by atoms with van der Waals surface area (Å²) in [6, 6.07) is 11.5. The van der Waals surface area contributed by atoms with Gasteiger partial charge in [-0.25, -0.2) is 0 Å². The Bertz CT molecular complexity index is 1260. The Labute approximate surface area is 194 Å². The SMILES string of the molecule is O=C1C(=O)N(CC2CCCO2)C(c2c[nH]c3ccccc23)/C1=C(\O)c1ccc(Cl)c(Cl)c1. The number of amides is 1. The van der Waals surface area contributed by atoms with Crippen LogP contribution in [0.1, 0.15) is 30.0 Å². The van der Waals surface area contributed by atoms with Gasteiger partial charge in [0.15, 0.2) is 0 Å². The van der Waals surface area contributed by atoms with Crippen LogP contribution in [-0.2, 0) is 14.3 Å². The molecule has 2 aromatic carbocycles. The molecule has 0 saturated carbocycles. The lowest BCUT2D eigenvalue weighted by atomic mass is 9.95. The minimum Gasteiger partial charge on any atom is -0.507 e. The molecule has 2 N–H and O–H groups in total. The van der Waals surface area contributed by atoms with Crippen molar-refractivity contribution in [1.82, 2.24) is 9.88 Å². The molecule has 6 nitrogen and oxygen atoms in total. The van der Waals surface area contributed by atoms with E-state index in [1.165, 1.54) is 11.0 Å². The normalized spacial score (nSPS) is 22.9. The molecule has 0 radical (unpaired) electrons. The van der Waals surface area contributed by atoms with Crippen molar-refractivity contribution in [3.05, 3.63) is 75.4 Å². The van der Waals surface area contributed by atoms with E-state index >= 15 is 0 Å². The largest absolute Gasteiger partial charge is 0.507 e. The van der Waals surface area contributed by atoms with Crippen molar-refractivity contribution in [3.8, 4) is 0 Å². The van der Waals surface area contributed by atoms with Crippen LogP contribution < -0.4 is 0 Å². The predicted octanol–water partition coefficient (Wildman–Crippen LogP) is 5.08. The fourth-order valence-electron chi connectivity index (χ4n) is 4.52. The summed E-state index contributed by atoms with van der Waals surface area (Å²) in [5.74, 6) is -1.67. The Morgan fingerprint density at radius 3 is 2.72 bits per heavy atom. The van der Waals surface area contributed by atoms with Gasteiger partial charge in [0.25, 0.3) is 11.7 Å². The zero-order valence-electron chi connectivity index (χ0n) is 17.0. The van der Waals surface area contributed by atoms with Gasteiger partial charge in [0.1, 0.15) is 5.76 Å². The second-order valence-electron chi connectivity index (χ2n) is 8.00. The van der Waals surface area contributed by atoms with Gasteiger partial charge in [0, 0.05) is 41.4 Å². The van der Waals surface area contributed by atoms with Gasteiger partial charge in [0.2, 0.25) is 0 Å². The molecular formula is C24H20Cl2N2O4. The summed E-state index contributed by atoms with van der Waals surface area (Å²) in [4.78, 5) is 31.0. The number of likely N-dealkylation sites (tertiary alicyclic amines) is 1. The van der Waals surface area contributed by atoms with Crippen molar-refractivity contribution in [1.29, 1.82) is 0 Å². The number of nitrogens with zero attached hydrogens (tertiary/aromatic N) is 1. The quantitative estimate of drug-likeness (QED) is 0.316. The first-order chi connectivity index (χ1) is 15.5. The molecule has 5 rings (SSSR count). The second kappa shape index (κ2) is 8.28. The molecule has 164 valence electrons. The number of fused-ring (bicyclic) bond motifs is 1. The van der Waals surface area contributed by atoms with Crippen molar-refractivity contribution < 1.29 is 19.4 Å². The van der Waals surface area contributed by atoms with Crippen LogP contribution in [0.5, 0.6) is 0 Å². The summed E-state index contributed by atoms with van der Waals surface area (Å²) in [5.41, 5.74) is 1.95. The number of aliphatic hydroxyl groups is 1. The Kier molecular flexibility index (Phi) is 5.45. The number of aromatic nitrogens is 1. The molecule has 0 spiro atoms. The highest BCUT2D eigenvalue weighted by Crippen LogP contribution is 2.42. The van der Waals surface area contributed by atoms with E-state index < -0.39 is 17.7 Å². The molecule has 2 saturated heterocycles. The molecule has 2 fully saturated rings. The number of H-pyrrole nitrogens is 1. The molecule has 2 unspecified atom stereocenters. The van der Waals surface area contributed by atoms with Crippen molar-refractivity contribution >= 4 is 51.6 Å². The zero-order chi connectivity index (χ0) is 22.4. The van der Waals surface area contributed by atoms with Crippen molar-refractivity contribution in [2.75, 3.05) is 13.2 Å². The molecule has 2 aliphatic heterocycles. The second-order valence-corrected chi connectivity index (χ2v) is 8.82. The number of aliphatic hydroxyl groups excluding tert-OH is 1. The van der Waals surface area contributed by atoms with Gasteiger partial charge in [-0.3, -0.25) is 9.59 Å². The predicted molar refractivity (Wildman–Crippen MR) is 123 cm³/mol. The number of para-hydroxylation sites is 1. The lowest BCUT2D eigenvalue weighted by molar-refractivity contribution is -0.140. The summed E-state index contributed by atoms with van der Waals surface area (Å²) in [6.45, 7) is 0.905. The van der Waals surface area contributed by atoms with E-state index in [1.54, 1.807) is 18.3 Å². The Morgan fingerprint density at radius 1 is 1.16 bits per heavy atom. The van der Waals surface area contributed by atoms with Crippen LogP contribution >= 0.6 is 23.2 Å². The first kappa shape index (κ1) is 21.1. The summed E-state index contributed by atoms with van der Waals surface area (Å²) >= 11 is 12.1. The fourth-order valence-corrected chi connectivity index (χ4v) is 4.82. The maximum Gasteiger partial charge on any atom is 0.295 e. The van der Waals surface area contributed by atoms with E-state index in [4.69, 9.17) is 27.9 Å². The van der Waals surface area contributed by atoms with Gasteiger partial charge in [0.05, 0.1) is 27.8 Å². The number of halogens is 2. The van der Waals surface area contributed by atoms with Crippen LogP contribution in [0, 0.1) is 0 Å². The minimum atomic E-state index is -0.759. The topological polar surface area (TPSA) is 82.6 Å². The minimum absolute atomic E-state index is 0.0242. The van der Waals surface area contributed by atoms with Crippen molar-refractivity contribution in [2.45, 2.75) is 25.0 Å². The number of hydrogen-bond acceptors (Lipinski definition) is 4. The van der Waals surface area contributed by atoms with Gasteiger partial charge in [-0.1, -0.05) is 41.4 Å². The Balaban J connectivity index is 1.68. The van der Waals surface area contributed by atoms with Gasteiger partial charge < -0.3 is 19.7 Å². The van der Waals surface area contributed by atoms with Crippen molar-refractivity contribution in [2.24, 2.45) is 0 Å². The first-order valence-electron chi connectivity index (χ1n) is 10.4. The third kappa shape index (κ3) is 3.48. The molecule has 3 heterocycles. The maximum absolute atomic E-state index is 13.2. The number of hydrogen-bond donors (Lipinski definition) is 2. The van der Waals surface area contributed by atoms with E-state index in [9.17, 15) is 14.7 Å². The van der Waals surface area contributed by atoms with E-state index in [1.807, 2.05) is 24.3 Å². The summed E-state index contributed by atoms with van der Waals surface area (Å²) in [6.07, 6.45) is 3.36. The number of carbonyl (C=O) groups excluding carboxylic acids is 2. The van der Waals surface area contributed by atoms with E-state index in [2.05, 4.69) is 4.98 Å². The Morgan fingerprint density at radius 2 is 1.97 bits per heavy atom. The van der Waals surface area contributed by atoms with Crippen LogP contribution in [0.2, 0.25) is 10.0 Å². The fraction of sp³-hybridized carbons (Fsp3) is 0.250. The molecule has 8 heteroatoms. The van der Waals surface area contributed by atoms with E-state index in [0.29, 0.717) is 17.2 Å². The Hall–Kier alpha value is -2.80. The van der Waals surface area contributed by atoms with E-state index in [-0.39, 0.29) is 29.0 Å². The number of aromatic amines is 1. The van der Waals surface area contributed by atoms with Gasteiger partial charge in [-0.2, -0.15) is 0 Å². The molecule has 0 aliphatic carbocycles.